The van der Waals surface area contributed by atoms with Crippen molar-refractivity contribution in [3.63, 3.8) is 0 Å². The maximum atomic E-state index is 10.7. The summed E-state index contributed by atoms with van der Waals surface area (Å²) in [7, 11) is 0. The van der Waals surface area contributed by atoms with E-state index in [1.807, 2.05) is 6.92 Å². The van der Waals surface area contributed by atoms with E-state index in [1.54, 1.807) is 18.2 Å². The van der Waals surface area contributed by atoms with Crippen LogP contribution in [0.25, 0.3) is 0 Å². The first-order chi connectivity index (χ1) is 8.00. The minimum absolute atomic E-state index is 0.0650. The third-order valence-electron chi connectivity index (χ3n) is 2.29. The molecule has 0 bridgehead atoms. The maximum Gasteiger partial charge on any atom is 0.335 e. The Morgan fingerprint density at radius 2 is 2.00 bits per heavy atom. The lowest BCUT2D eigenvalue weighted by Gasteiger charge is -2.10. The molecule has 0 saturated heterocycles. The van der Waals surface area contributed by atoms with Crippen LogP contribution >= 0.6 is 0 Å². The third kappa shape index (κ3) is 4.14. The van der Waals surface area contributed by atoms with Crippen LogP contribution in [0.2, 0.25) is 0 Å². The molecular formula is C12H16N2O3. The summed E-state index contributed by atoms with van der Waals surface area (Å²) in [5, 5.41) is 14.6. The number of aromatic carboxylic acids is 1. The van der Waals surface area contributed by atoms with Gasteiger partial charge in [0.2, 0.25) is 5.91 Å². The van der Waals surface area contributed by atoms with Crippen LogP contribution in [-0.4, -0.2) is 30.1 Å². The molecular weight excluding hydrogens is 220 g/mol. The van der Waals surface area contributed by atoms with Gasteiger partial charge in [-0.05, 0) is 30.7 Å². The lowest BCUT2D eigenvalue weighted by molar-refractivity contribution is -0.118. The smallest absolute Gasteiger partial charge is 0.335 e. The number of carbonyl (C=O) groups is 2. The van der Waals surface area contributed by atoms with Gasteiger partial charge in [-0.15, -0.1) is 0 Å². The van der Waals surface area contributed by atoms with Gasteiger partial charge in [0.05, 0.1) is 5.56 Å². The van der Waals surface area contributed by atoms with Crippen molar-refractivity contribution in [2.75, 3.05) is 18.4 Å². The van der Waals surface area contributed by atoms with Gasteiger partial charge in [-0.3, -0.25) is 4.79 Å². The molecule has 0 atom stereocenters. The van der Waals surface area contributed by atoms with E-state index in [9.17, 15) is 9.59 Å². The molecule has 1 aromatic rings. The van der Waals surface area contributed by atoms with E-state index in [4.69, 9.17) is 5.11 Å². The fourth-order valence-corrected chi connectivity index (χ4v) is 1.43. The molecule has 1 aromatic carbocycles. The molecule has 1 rings (SSSR count). The van der Waals surface area contributed by atoms with Gasteiger partial charge in [-0.25, -0.2) is 4.79 Å². The molecule has 92 valence electrons. The molecule has 0 aliphatic carbocycles. The highest BCUT2D eigenvalue weighted by molar-refractivity contribution is 5.88. The summed E-state index contributed by atoms with van der Waals surface area (Å²) in [5.41, 5.74) is 2.02. The fraction of sp³-hybridized carbons (Fsp3) is 0.333. The Hall–Kier alpha value is -2.04. The lowest BCUT2D eigenvalue weighted by Crippen LogP contribution is -2.26. The van der Waals surface area contributed by atoms with Crippen molar-refractivity contribution in [1.82, 2.24) is 5.32 Å². The average Bonchev–Trinajstić information content (AvgIpc) is 2.25. The number of rotatable bonds is 5. The van der Waals surface area contributed by atoms with E-state index in [2.05, 4.69) is 10.6 Å². The summed E-state index contributed by atoms with van der Waals surface area (Å²) in [4.78, 5) is 21.4. The van der Waals surface area contributed by atoms with Crippen LogP contribution in [0.1, 0.15) is 22.8 Å². The molecule has 0 aliphatic rings. The van der Waals surface area contributed by atoms with Crippen LogP contribution in [0.4, 0.5) is 5.69 Å². The Bertz CT molecular complexity index is 430. The quantitative estimate of drug-likeness (QED) is 0.672. The van der Waals surface area contributed by atoms with Gasteiger partial charge in [-0.2, -0.15) is 0 Å². The summed E-state index contributed by atoms with van der Waals surface area (Å²) in [6.45, 7) is 4.45. The van der Waals surface area contributed by atoms with E-state index >= 15 is 0 Å². The molecule has 0 unspecified atom stereocenters. The van der Waals surface area contributed by atoms with Crippen LogP contribution in [0.5, 0.6) is 0 Å². The number of aryl methyl sites for hydroxylation is 1. The highest BCUT2D eigenvalue weighted by Crippen LogP contribution is 2.16. The van der Waals surface area contributed by atoms with Crippen LogP contribution in [-0.2, 0) is 4.79 Å². The second kappa shape index (κ2) is 5.89. The maximum absolute atomic E-state index is 10.7. The number of anilines is 1. The molecule has 1 amide bonds. The standard InChI is InChI=1S/C12H16N2O3/c1-8-7-10(12(16)17)3-4-11(8)14-6-5-13-9(2)15/h3-4,7,14H,5-6H2,1-2H3,(H,13,15)(H,16,17). The largest absolute Gasteiger partial charge is 0.478 e. The molecule has 5 nitrogen and oxygen atoms in total. The van der Waals surface area contributed by atoms with E-state index < -0.39 is 5.97 Å². The second-order valence-electron chi connectivity index (χ2n) is 3.74. The third-order valence-corrected chi connectivity index (χ3v) is 2.29. The Balaban J connectivity index is 2.54. The highest BCUT2D eigenvalue weighted by atomic mass is 16.4. The van der Waals surface area contributed by atoms with Gasteiger partial charge in [0.1, 0.15) is 0 Å². The zero-order chi connectivity index (χ0) is 12.8. The monoisotopic (exact) mass is 236 g/mol. The van der Waals surface area contributed by atoms with E-state index in [1.165, 1.54) is 6.92 Å². The van der Waals surface area contributed by atoms with Crippen molar-refractivity contribution >= 4 is 17.6 Å². The summed E-state index contributed by atoms with van der Waals surface area (Å²) < 4.78 is 0. The zero-order valence-electron chi connectivity index (χ0n) is 9.91. The summed E-state index contributed by atoms with van der Waals surface area (Å²) >= 11 is 0. The summed E-state index contributed by atoms with van der Waals surface area (Å²) in [6.07, 6.45) is 0. The molecule has 0 radical (unpaired) electrons. The van der Waals surface area contributed by atoms with Crippen molar-refractivity contribution in [2.24, 2.45) is 0 Å². The number of carboxylic acids is 1. The van der Waals surface area contributed by atoms with Crippen molar-refractivity contribution in [3.8, 4) is 0 Å². The number of amides is 1. The Morgan fingerprint density at radius 1 is 1.29 bits per heavy atom. The van der Waals surface area contributed by atoms with Crippen LogP contribution in [0, 0.1) is 6.92 Å². The first kappa shape index (κ1) is 13.0. The van der Waals surface area contributed by atoms with Crippen LogP contribution in [0.15, 0.2) is 18.2 Å². The normalized spacial score (nSPS) is 9.76. The Morgan fingerprint density at radius 3 is 2.53 bits per heavy atom. The average molecular weight is 236 g/mol. The molecule has 0 heterocycles. The van der Waals surface area contributed by atoms with Crippen LogP contribution < -0.4 is 10.6 Å². The van der Waals surface area contributed by atoms with Gasteiger partial charge in [0, 0.05) is 25.7 Å². The summed E-state index contributed by atoms with van der Waals surface area (Å²) in [6, 6.07) is 4.89. The zero-order valence-corrected chi connectivity index (χ0v) is 9.91. The van der Waals surface area contributed by atoms with Crippen molar-refractivity contribution < 1.29 is 14.7 Å². The number of nitrogens with one attached hydrogen (secondary N) is 2. The number of hydrogen-bond donors (Lipinski definition) is 3. The van der Waals surface area contributed by atoms with Gasteiger partial charge >= 0.3 is 5.97 Å². The molecule has 0 fully saturated rings. The van der Waals surface area contributed by atoms with Gasteiger partial charge in [0.25, 0.3) is 0 Å². The van der Waals surface area contributed by atoms with Gasteiger partial charge in [-0.1, -0.05) is 0 Å². The fourth-order valence-electron chi connectivity index (χ4n) is 1.43. The number of benzene rings is 1. The topological polar surface area (TPSA) is 78.4 Å². The van der Waals surface area contributed by atoms with Crippen LogP contribution in [0.3, 0.4) is 0 Å². The SMILES string of the molecule is CC(=O)NCCNc1ccc(C(=O)O)cc1C. The van der Waals surface area contributed by atoms with Crippen molar-refractivity contribution in [2.45, 2.75) is 13.8 Å². The van der Waals surface area contributed by atoms with E-state index in [-0.39, 0.29) is 11.5 Å². The first-order valence-corrected chi connectivity index (χ1v) is 5.33. The molecule has 0 saturated carbocycles. The Kier molecular flexibility index (Phi) is 4.51. The number of carbonyl (C=O) groups excluding carboxylic acids is 1. The first-order valence-electron chi connectivity index (χ1n) is 5.33. The molecule has 17 heavy (non-hydrogen) atoms. The lowest BCUT2D eigenvalue weighted by atomic mass is 10.1. The molecule has 0 aliphatic heterocycles. The predicted molar refractivity (Wildman–Crippen MR) is 65.3 cm³/mol. The van der Waals surface area contributed by atoms with Crippen molar-refractivity contribution in [1.29, 1.82) is 0 Å². The van der Waals surface area contributed by atoms with Crippen molar-refractivity contribution in [3.05, 3.63) is 29.3 Å². The minimum atomic E-state index is -0.933. The van der Waals surface area contributed by atoms with Gasteiger partial charge < -0.3 is 15.7 Å². The number of hydrogen-bond acceptors (Lipinski definition) is 3. The molecule has 0 aromatic heterocycles. The molecule has 0 spiro atoms. The summed E-state index contributed by atoms with van der Waals surface area (Å²) in [5.74, 6) is -0.998. The molecule has 3 N–H and O–H groups in total. The number of carboxylic acid groups (broad SMARTS) is 1. The second-order valence-corrected chi connectivity index (χ2v) is 3.74. The highest BCUT2D eigenvalue weighted by Gasteiger charge is 2.04. The molecule has 5 heteroatoms. The van der Waals surface area contributed by atoms with E-state index in [0.29, 0.717) is 13.1 Å². The minimum Gasteiger partial charge on any atom is -0.478 e. The predicted octanol–water partition coefficient (Wildman–Crippen LogP) is 1.24. The van der Waals surface area contributed by atoms with Gasteiger partial charge in [0.15, 0.2) is 0 Å². The Labute approximate surface area is 99.8 Å². The van der Waals surface area contributed by atoms with E-state index in [0.717, 1.165) is 11.3 Å².